The zero-order chi connectivity index (χ0) is 9.10. The van der Waals surface area contributed by atoms with Gasteiger partial charge in [-0.25, -0.2) is 0 Å². The van der Waals surface area contributed by atoms with Crippen LogP contribution in [0.25, 0.3) is 11.5 Å². The quantitative estimate of drug-likeness (QED) is 0.664. The second-order valence-corrected chi connectivity index (χ2v) is 2.43. The molecule has 0 unspecified atom stereocenters. The molecule has 1 N–H and O–H groups in total. The summed E-state index contributed by atoms with van der Waals surface area (Å²) in [5.74, 6) is 2.99. The third-order valence-electron chi connectivity index (χ3n) is 1.52. The summed E-state index contributed by atoms with van der Waals surface area (Å²) in [5.41, 5.74) is 0.836. The predicted octanol–water partition coefficient (Wildman–Crippen LogP) is 0.301. The molecular formula is C8H7N5. The molecule has 0 radical (unpaired) electrons. The van der Waals surface area contributed by atoms with Crippen LogP contribution in [0.2, 0.25) is 0 Å². The average Bonchev–Trinajstić information content (AvgIpc) is 2.70. The molecule has 0 amide bonds. The Bertz CT molecular complexity index is 420. The number of hydrogen-bond donors (Lipinski definition) is 1. The Morgan fingerprint density at radius 1 is 1.62 bits per heavy atom. The van der Waals surface area contributed by atoms with Gasteiger partial charge in [-0.3, -0.25) is 0 Å². The molecule has 0 aliphatic heterocycles. The molecule has 0 bridgehead atoms. The van der Waals surface area contributed by atoms with Gasteiger partial charge in [0.15, 0.2) is 0 Å². The summed E-state index contributed by atoms with van der Waals surface area (Å²) >= 11 is 0. The van der Waals surface area contributed by atoms with Crippen LogP contribution in [0.1, 0.15) is 0 Å². The van der Waals surface area contributed by atoms with Gasteiger partial charge in [-0.1, -0.05) is 5.92 Å². The second kappa shape index (κ2) is 3.11. The Morgan fingerprint density at radius 3 is 3.23 bits per heavy atom. The SMILES string of the molecule is C#CCn1nnc(-c2ccc[nH]2)n1. The highest BCUT2D eigenvalue weighted by Gasteiger charge is 2.04. The predicted molar refractivity (Wildman–Crippen MR) is 46.4 cm³/mol. The molecule has 2 aromatic rings. The van der Waals surface area contributed by atoms with Gasteiger partial charge in [0.25, 0.3) is 0 Å². The molecule has 64 valence electrons. The van der Waals surface area contributed by atoms with Gasteiger partial charge in [-0.05, 0) is 17.3 Å². The van der Waals surface area contributed by atoms with Gasteiger partial charge in [0, 0.05) is 6.20 Å². The maximum absolute atomic E-state index is 5.10. The summed E-state index contributed by atoms with van der Waals surface area (Å²) in [6.45, 7) is 0.341. The lowest BCUT2D eigenvalue weighted by molar-refractivity contribution is 0.592. The van der Waals surface area contributed by atoms with Crippen molar-refractivity contribution < 1.29 is 0 Å². The van der Waals surface area contributed by atoms with E-state index in [4.69, 9.17) is 6.42 Å². The molecular weight excluding hydrogens is 166 g/mol. The summed E-state index contributed by atoms with van der Waals surface area (Å²) in [6.07, 6.45) is 6.90. The molecule has 5 nitrogen and oxygen atoms in total. The lowest BCUT2D eigenvalue weighted by atomic mass is 10.4. The number of aromatic amines is 1. The van der Waals surface area contributed by atoms with Gasteiger partial charge in [0.05, 0.1) is 5.69 Å². The monoisotopic (exact) mass is 173 g/mol. The Labute approximate surface area is 74.8 Å². The number of terminal acetylenes is 1. The molecule has 2 heterocycles. The molecule has 2 aromatic heterocycles. The third kappa shape index (κ3) is 1.42. The van der Waals surface area contributed by atoms with E-state index in [0.29, 0.717) is 12.4 Å². The second-order valence-electron chi connectivity index (χ2n) is 2.43. The Balaban J connectivity index is 2.29. The van der Waals surface area contributed by atoms with Crippen molar-refractivity contribution in [1.29, 1.82) is 0 Å². The van der Waals surface area contributed by atoms with E-state index < -0.39 is 0 Å². The van der Waals surface area contributed by atoms with Gasteiger partial charge >= 0.3 is 0 Å². The Kier molecular flexibility index (Phi) is 1.81. The van der Waals surface area contributed by atoms with E-state index in [1.54, 1.807) is 6.20 Å². The van der Waals surface area contributed by atoms with Crippen molar-refractivity contribution >= 4 is 0 Å². The molecule has 0 atom stereocenters. The number of nitrogens with one attached hydrogen (secondary N) is 1. The van der Waals surface area contributed by atoms with E-state index in [2.05, 4.69) is 26.3 Å². The molecule has 0 saturated carbocycles. The van der Waals surface area contributed by atoms with Crippen molar-refractivity contribution in [3.05, 3.63) is 18.3 Å². The first kappa shape index (κ1) is 7.55. The fourth-order valence-corrected chi connectivity index (χ4v) is 0.969. The number of H-pyrrole nitrogens is 1. The minimum atomic E-state index is 0.341. The van der Waals surface area contributed by atoms with Crippen LogP contribution in [0.4, 0.5) is 0 Å². The molecule has 0 fully saturated rings. The van der Waals surface area contributed by atoms with Crippen LogP contribution in [0, 0.1) is 12.3 Å². The lowest BCUT2D eigenvalue weighted by Crippen LogP contribution is -1.99. The van der Waals surface area contributed by atoms with E-state index in [0.717, 1.165) is 5.69 Å². The Hall–Kier alpha value is -2.09. The minimum absolute atomic E-state index is 0.341. The number of tetrazole rings is 1. The molecule has 0 saturated heterocycles. The molecule has 0 aliphatic rings. The fraction of sp³-hybridized carbons (Fsp3) is 0.125. The van der Waals surface area contributed by atoms with Crippen LogP contribution in [-0.4, -0.2) is 25.2 Å². The molecule has 2 rings (SSSR count). The van der Waals surface area contributed by atoms with Crippen molar-refractivity contribution in [2.45, 2.75) is 6.54 Å². The van der Waals surface area contributed by atoms with E-state index >= 15 is 0 Å². The summed E-state index contributed by atoms with van der Waals surface area (Å²) in [4.78, 5) is 4.35. The largest absolute Gasteiger partial charge is 0.359 e. The molecule has 0 aromatic carbocycles. The average molecular weight is 173 g/mol. The number of hydrogen-bond acceptors (Lipinski definition) is 3. The van der Waals surface area contributed by atoms with E-state index in [1.165, 1.54) is 4.80 Å². The van der Waals surface area contributed by atoms with Crippen LogP contribution in [-0.2, 0) is 6.54 Å². The van der Waals surface area contributed by atoms with Gasteiger partial charge in [0.2, 0.25) is 5.82 Å². The highest BCUT2D eigenvalue weighted by molar-refractivity contribution is 5.47. The first-order valence-electron chi connectivity index (χ1n) is 3.75. The van der Waals surface area contributed by atoms with Crippen LogP contribution in [0.15, 0.2) is 18.3 Å². The molecule has 13 heavy (non-hydrogen) atoms. The summed E-state index contributed by atoms with van der Waals surface area (Å²) in [6, 6.07) is 3.74. The van der Waals surface area contributed by atoms with Crippen LogP contribution >= 0.6 is 0 Å². The summed E-state index contributed by atoms with van der Waals surface area (Å²) < 4.78 is 0. The Morgan fingerprint density at radius 2 is 2.54 bits per heavy atom. The van der Waals surface area contributed by atoms with Crippen molar-refractivity contribution in [2.75, 3.05) is 0 Å². The standard InChI is InChI=1S/C8H7N5/c1-2-6-13-11-8(10-12-13)7-4-3-5-9-7/h1,3-5,9H,6H2. The summed E-state index contributed by atoms with van der Waals surface area (Å²) in [5, 5.41) is 11.7. The zero-order valence-electron chi connectivity index (χ0n) is 6.81. The third-order valence-corrected chi connectivity index (χ3v) is 1.52. The topological polar surface area (TPSA) is 59.4 Å². The van der Waals surface area contributed by atoms with Crippen molar-refractivity contribution in [2.24, 2.45) is 0 Å². The van der Waals surface area contributed by atoms with Crippen LogP contribution < -0.4 is 0 Å². The van der Waals surface area contributed by atoms with E-state index in [9.17, 15) is 0 Å². The first-order valence-corrected chi connectivity index (χ1v) is 3.75. The van der Waals surface area contributed by atoms with Crippen molar-refractivity contribution in [3.63, 3.8) is 0 Å². The van der Waals surface area contributed by atoms with E-state index in [-0.39, 0.29) is 0 Å². The maximum Gasteiger partial charge on any atom is 0.221 e. The number of nitrogens with zero attached hydrogens (tertiary/aromatic N) is 4. The lowest BCUT2D eigenvalue weighted by Gasteiger charge is -1.86. The normalized spacial score (nSPS) is 9.77. The van der Waals surface area contributed by atoms with E-state index in [1.807, 2.05) is 12.1 Å². The fourth-order valence-electron chi connectivity index (χ4n) is 0.969. The van der Waals surface area contributed by atoms with Gasteiger partial charge in [-0.15, -0.1) is 16.6 Å². The molecule has 0 spiro atoms. The maximum atomic E-state index is 5.10. The zero-order valence-corrected chi connectivity index (χ0v) is 6.81. The van der Waals surface area contributed by atoms with Crippen LogP contribution in [0.3, 0.4) is 0 Å². The van der Waals surface area contributed by atoms with Crippen LogP contribution in [0.5, 0.6) is 0 Å². The van der Waals surface area contributed by atoms with Gasteiger partial charge < -0.3 is 4.98 Å². The number of aromatic nitrogens is 5. The molecule has 5 heteroatoms. The number of rotatable bonds is 2. The highest BCUT2D eigenvalue weighted by atomic mass is 15.6. The van der Waals surface area contributed by atoms with Gasteiger partial charge in [0.1, 0.15) is 6.54 Å². The minimum Gasteiger partial charge on any atom is -0.359 e. The molecule has 0 aliphatic carbocycles. The summed E-state index contributed by atoms with van der Waals surface area (Å²) in [7, 11) is 0. The van der Waals surface area contributed by atoms with Gasteiger partial charge in [-0.2, -0.15) is 4.80 Å². The van der Waals surface area contributed by atoms with Crippen molar-refractivity contribution in [1.82, 2.24) is 25.2 Å². The first-order chi connectivity index (χ1) is 6.40. The highest BCUT2D eigenvalue weighted by Crippen LogP contribution is 2.08. The smallest absolute Gasteiger partial charge is 0.221 e. The van der Waals surface area contributed by atoms with Crippen molar-refractivity contribution in [3.8, 4) is 23.9 Å².